The molecule has 7 heteroatoms. The molecule has 1 N–H and O–H groups in total. The van der Waals surface area contributed by atoms with Gasteiger partial charge in [0.15, 0.2) is 5.69 Å². The molecular formula is C12H16BrN5O. The summed E-state index contributed by atoms with van der Waals surface area (Å²) in [6.45, 7) is 3.36. The minimum Gasteiger partial charge on any atom is -0.351 e. The summed E-state index contributed by atoms with van der Waals surface area (Å²) in [6, 6.07) is 0. The molecule has 0 aliphatic carbocycles. The lowest BCUT2D eigenvalue weighted by Crippen LogP contribution is -2.26. The third kappa shape index (κ3) is 3.23. The second-order valence-corrected chi connectivity index (χ2v) is 5.07. The number of imidazole rings is 1. The van der Waals surface area contributed by atoms with Crippen molar-refractivity contribution in [2.75, 3.05) is 6.54 Å². The van der Waals surface area contributed by atoms with Crippen LogP contribution in [0.1, 0.15) is 22.6 Å². The second-order valence-electron chi connectivity index (χ2n) is 4.28. The Morgan fingerprint density at radius 3 is 2.89 bits per heavy atom. The van der Waals surface area contributed by atoms with Crippen LogP contribution in [0.4, 0.5) is 0 Å². The quantitative estimate of drug-likeness (QED) is 0.847. The fourth-order valence-electron chi connectivity index (χ4n) is 1.69. The van der Waals surface area contributed by atoms with Gasteiger partial charge >= 0.3 is 0 Å². The van der Waals surface area contributed by atoms with E-state index in [1.54, 1.807) is 17.2 Å². The van der Waals surface area contributed by atoms with Crippen molar-refractivity contribution in [1.29, 1.82) is 0 Å². The average molecular weight is 326 g/mol. The maximum absolute atomic E-state index is 12.0. The average Bonchev–Trinajstić information content (AvgIpc) is 2.99. The Hall–Kier alpha value is -1.63. The molecule has 0 spiro atoms. The number of halogens is 1. The monoisotopic (exact) mass is 325 g/mol. The standard InChI is InChI=1S/C12H16BrN5O/c1-9-10(13)11(16-17(9)2)12(19)15-4-3-6-18-7-5-14-8-18/h5,7-8H,3-4,6H2,1-2H3,(H,15,19). The van der Waals surface area contributed by atoms with E-state index in [-0.39, 0.29) is 5.91 Å². The van der Waals surface area contributed by atoms with Crippen LogP contribution in [0.3, 0.4) is 0 Å². The minimum atomic E-state index is -0.152. The molecule has 1 amide bonds. The molecule has 2 rings (SSSR count). The molecule has 6 nitrogen and oxygen atoms in total. The highest BCUT2D eigenvalue weighted by Crippen LogP contribution is 2.19. The summed E-state index contributed by atoms with van der Waals surface area (Å²) < 4.78 is 4.42. The zero-order valence-electron chi connectivity index (χ0n) is 10.9. The molecule has 0 aliphatic heterocycles. The summed E-state index contributed by atoms with van der Waals surface area (Å²) in [5, 5.41) is 7.05. The molecule has 19 heavy (non-hydrogen) atoms. The van der Waals surface area contributed by atoms with Gasteiger partial charge in [-0.15, -0.1) is 0 Å². The van der Waals surface area contributed by atoms with E-state index in [1.807, 2.05) is 24.7 Å². The maximum atomic E-state index is 12.0. The molecule has 2 aromatic heterocycles. The fourth-order valence-corrected chi connectivity index (χ4v) is 2.21. The molecule has 0 saturated heterocycles. The molecule has 0 aliphatic rings. The van der Waals surface area contributed by atoms with Gasteiger partial charge in [-0.1, -0.05) is 0 Å². The van der Waals surface area contributed by atoms with Crippen LogP contribution in [0.15, 0.2) is 23.2 Å². The van der Waals surface area contributed by atoms with Crippen LogP contribution in [0.5, 0.6) is 0 Å². The van der Waals surface area contributed by atoms with E-state index in [0.717, 1.165) is 23.1 Å². The highest BCUT2D eigenvalue weighted by molar-refractivity contribution is 9.10. The van der Waals surface area contributed by atoms with Gasteiger partial charge in [0.25, 0.3) is 5.91 Å². The Balaban J connectivity index is 1.82. The SMILES string of the molecule is Cc1c(Br)c(C(=O)NCCCn2ccnc2)nn1C. The molecule has 0 radical (unpaired) electrons. The van der Waals surface area contributed by atoms with Crippen LogP contribution in [-0.2, 0) is 13.6 Å². The van der Waals surface area contributed by atoms with Gasteiger partial charge < -0.3 is 9.88 Å². The van der Waals surface area contributed by atoms with Gasteiger partial charge in [0.05, 0.1) is 16.5 Å². The van der Waals surface area contributed by atoms with Crippen LogP contribution in [0.2, 0.25) is 0 Å². The first kappa shape index (κ1) is 13.8. The predicted octanol–water partition coefficient (Wildman–Crippen LogP) is 1.51. The number of nitrogens with zero attached hydrogens (tertiary/aromatic N) is 4. The normalized spacial score (nSPS) is 10.7. The van der Waals surface area contributed by atoms with Crippen molar-refractivity contribution in [2.45, 2.75) is 19.9 Å². The van der Waals surface area contributed by atoms with Crippen molar-refractivity contribution < 1.29 is 4.79 Å². The molecule has 0 unspecified atom stereocenters. The van der Waals surface area contributed by atoms with Crippen molar-refractivity contribution in [3.63, 3.8) is 0 Å². The van der Waals surface area contributed by atoms with Crippen LogP contribution in [-0.4, -0.2) is 31.8 Å². The number of nitrogens with one attached hydrogen (secondary N) is 1. The molecule has 0 fully saturated rings. The Morgan fingerprint density at radius 2 is 2.32 bits per heavy atom. The van der Waals surface area contributed by atoms with E-state index in [9.17, 15) is 4.79 Å². The molecule has 0 atom stereocenters. The lowest BCUT2D eigenvalue weighted by atomic mass is 10.3. The van der Waals surface area contributed by atoms with Gasteiger partial charge in [-0.25, -0.2) is 4.98 Å². The largest absolute Gasteiger partial charge is 0.351 e. The molecule has 2 heterocycles. The topological polar surface area (TPSA) is 64.7 Å². The van der Waals surface area contributed by atoms with Gasteiger partial charge in [0.1, 0.15) is 0 Å². The Kier molecular flexibility index (Phi) is 4.36. The van der Waals surface area contributed by atoms with Crippen LogP contribution in [0, 0.1) is 6.92 Å². The Morgan fingerprint density at radius 1 is 1.53 bits per heavy atom. The number of rotatable bonds is 5. The molecule has 102 valence electrons. The van der Waals surface area contributed by atoms with Crippen LogP contribution < -0.4 is 5.32 Å². The van der Waals surface area contributed by atoms with Gasteiger partial charge in [-0.05, 0) is 29.3 Å². The van der Waals surface area contributed by atoms with Gasteiger partial charge in [0, 0.05) is 32.5 Å². The summed E-state index contributed by atoms with van der Waals surface area (Å²) in [5.41, 5.74) is 1.37. The van der Waals surface area contributed by atoms with E-state index >= 15 is 0 Å². The molecule has 0 bridgehead atoms. The van der Waals surface area contributed by atoms with Gasteiger partial charge in [-0.3, -0.25) is 9.48 Å². The molecular weight excluding hydrogens is 310 g/mol. The third-order valence-electron chi connectivity index (χ3n) is 2.91. The van der Waals surface area contributed by atoms with Crippen molar-refractivity contribution >= 4 is 21.8 Å². The highest BCUT2D eigenvalue weighted by atomic mass is 79.9. The number of carbonyl (C=O) groups excluding carboxylic acids is 1. The number of hydrogen-bond donors (Lipinski definition) is 1. The van der Waals surface area contributed by atoms with Gasteiger partial charge in [0.2, 0.25) is 0 Å². The summed E-state index contributed by atoms with van der Waals surface area (Å²) in [4.78, 5) is 15.9. The third-order valence-corrected chi connectivity index (χ3v) is 3.86. The van der Waals surface area contributed by atoms with E-state index < -0.39 is 0 Å². The van der Waals surface area contributed by atoms with Crippen molar-refractivity contribution in [2.24, 2.45) is 7.05 Å². The smallest absolute Gasteiger partial charge is 0.272 e. The second kappa shape index (κ2) is 6.01. The number of aryl methyl sites for hydroxylation is 2. The number of hydrogen-bond acceptors (Lipinski definition) is 3. The fraction of sp³-hybridized carbons (Fsp3) is 0.417. The number of carbonyl (C=O) groups is 1. The zero-order valence-corrected chi connectivity index (χ0v) is 12.5. The summed E-state index contributed by atoms with van der Waals surface area (Å²) in [7, 11) is 1.82. The van der Waals surface area contributed by atoms with E-state index in [1.165, 1.54) is 0 Å². The highest BCUT2D eigenvalue weighted by Gasteiger charge is 2.16. The maximum Gasteiger partial charge on any atom is 0.272 e. The van der Waals surface area contributed by atoms with E-state index in [2.05, 4.69) is 31.3 Å². The first-order valence-electron chi connectivity index (χ1n) is 6.02. The first-order valence-corrected chi connectivity index (χ1v) is 6.82. The molecule has 0 saturated carbocycles. The van der Waals surface area contributed by atoms with E-state index in [0.29, 0.717) is 12.2 Å². The van der Waals surface area contributed by atoms with Crippen LogP contribution >= 0.6 is 15.9 Å². The lowest BCUT2D eigenvalue weighted by molar-refractivity contribution is 0.0946. The minimum absolute atomic E-state index is 0.152. The summed E-state index contributed by atoms with van der Waals surface area (Å²) in [6.07, 6.45) is 6.26. The molecule has 0 aromatic carbocycles. The first-order chi connectivity index (χ1) is 9.09. The van der Waals surface area contributed by atoms with Crippen molar-refractivity contribution in [3.05, 3.63) is 34.6 Å². The Labute approximate surface area is 120 Å². The summed E-state index contributed by atoms with van der Waals surface area (Å²) >= 11 is 3.39. The Bertz CT molecular complexity index is 561. The number of aromatic nitrogens is 4. The van der Waals surface area contributed by atoms with Crippen molar-refractivity contribution in [3.8, 4) is 0 Å². The van der Waals surface area contributed by atoms with E-state index in [4.69, 9.17) is 0 Å². The van der Waals surface area contributed by atoms with Gasteiger partial charge in [-0.2, -0.15) is 5.10 Å². The van der Waals surface area contributed by atoms with Crippen molar-refractivity contribution in [1.82, 2.24) is 24.6 Å². The predicted molar refractivity (Wildman–Crippen MR) is 74.8 cm³/mol. The lowest BCUT2D eigenvalue weighted by Gasteiger charge is -2.04. The summed E-state index contributed by atoms with van der Waals surface area (Å²) in [5.74, 6) is -0.152. The zero-order chi connectivity index (χ0) is 13.8. The molecule has 2 aromatic rings. The number of amides is 1. The van der Waals surface area contributed by atoms with Crippen LogP contribution in [0.25, 0.3) is 0 Å².